The second-order valence-electron chi connectivity index (χ2n) is 5.07. The van der Waals surface area contributed by atoms with E-state index in [2.05, 4.69) is 5.32 Å². The van der Waals surface area contributed by atoms with Gasteiger partial charge in [0.05, 0.1) is 0 Å². The highest BCUT2D eigenvalue weighted by Crippen LogP contribution is 2.17. The Bertz CT molecular complexity index is 386. The molecule has 3 amide bonds. The molecule has 0 spiro atoms. The van der Waals surface area contributed by atoms with E-state index in [0.717, 1.165) is 12.8 Å². The Morgan fingerprint density at radius 1 is 1.40 bits per heavy atom. The number of likely N-dealkylation sites (N-methyl/N-ethyl adjacent to an activating group) is 1. The van der Waals surface area contributed by atoms with Crippen molar-refractivity contribution in [2.45, 2.75) is 45.2 Å². The van der Waals surface area contributed by atoms with Gasteiger partial charge in [0.2, 0.25) is 5.91 Å². The SMILES string of the molecule is CCN(C)C(=O)C(C)NC(=O)N1CCCCC1C(=O)O. The van der Waals surface area contributed by atoms with Crippen molar-refractivity contribution in [1.29, 1.82) is 0 Å². The van der Waals surface area contributed by atoms with Crippen molar-refractivity contribution < 1.29 is 19.5 Å². The maximum atomic E-state index is 12.1. The lowest BCUT2D eigenvalue weighted by Gasteiger charge is -2.34. The van der Waals surface area contributed by atoms with Gasteiger partial charge in [0, 0.05) is 20.1 Å². The number of piperidine rings is 1. The van der Waals surface area contributed by atoms with E-state index < -0.39 is 24.1 Å². The van der Waals surface area contributed by atoms with Crippen molar-refractivity contribution in [1.82, 2.24) is 15.1 Å². The van der Waals surface area contributed by atoms with Gasteiger partial charge in [-0.3, -0.25) is 4.79 Å². The van der Waals surface area contributed by atoms with Crippen molar-refractivity contribution in [3.63, 3.8) is 0 Å². The molecule has 1 fully saturated rings. The third-order valence-electron chi connectivity index (χ3n) is 3.61. The summed E-state index contributed by atoms with van der Waals surface area (Å²) >= 11 is 0. The third kappa shape index (κ3) is 3.85. The molecule has 0 radical (unpaired) electrons. The first-order valence-corrected chi connectivity index (χ1v) is 6.93. The maximum Gasteiger partial charge on any atom is 0.326 e. The van der Waals surface area contributed by atoms with Gasteiger partial charge in [-0.1, -0.05) is 0 Å². The Labute approximate surface area is 118 Å². The van der Waals surface area contributed by atoms with E-state index in [1.54, 1.807) is 14.0 Å². The number of amides is 3. The van der Waals surface area contributed by atoms with Crippen LogP contribution in [0.1, 0.15) is 33.1 Å². The summed E-state index contributed by atoms with van der Waals surface area (Å²) in [6, 6.07) is -1.94. The molecule has 0 aromatic rings. The predicted molar refractivity (Wildman–Crippen MR) is 73.3 cm³/mol. The Morgan fingerprint density at radius 3 is 2.60 bits per heavy atom. The minimum atomic E-state index is -0.996. The van der Waals surface area contributed by atoms with Gasteiger partial charge >= 0.3 is 12.0 Å². The first kappa shape index (κ1) is 16.3. The number of carboxylic acids is 1. The van der Waals surface area contributed by atoms with Crippen LogP contribution < -0.4 is 5.32 Å². The second kappa shape index (κ2) is 7.12. The van der Waals surface area contributed by atoms with E-state index in [9.17, 15) is 14.4 Å². The van der Waals surface area contributed by atoms with Crippen molar-refractivity contribution in [3.05, 3.63) is 0 Å². The quantitative estimate of drug-likeness (QED) is 0.787. The Kier molecular flexibility index (Phi) is 5.79. The minimum Gasteiger partial charge on any atom is -0.480 e. The molecule has 0 aromatic carbocycles. The zero-order valence-electron chi connectivity index (χ0n) is 12.3. The first-order chi connectivity index (χ1) is 9.38. The molecule has 114 valence electrons. The number of carbonyl (C=O) groups is 3. The Morgan fingerprint density at radius 2 is 2.05 bits per heavy atom. The molecule has 2 atom stereocenters. The average molecular weight is 285 g/mol. The maximum absolute atomic E-state index is 12.1. The summed E-state index contributed by atoms with van der Waals surface area (Å²) in [5, 5.41) is 11.7. The molecule has 0 aliphatic carbocycles. The normalized spacial score (nSPS) is 20.1. The van der Waals surface area contributed by atoms with E-state index in [4.69, 9.17) is 5.11 Å². The zero-order valence-corrected chi connectivity index (χ0v) is 12.3. The van der Waals surface area contributed by atoms with Crippen LogP contribution in [-0.4, -0.2) is 65.0 Å². The van der Waals surface area contributed by atoms with Crippen LogP contribution in [0.15, 0.2) is 0 Å². The molecule has 1 saturated heterocycles. The Balaban J connectivity index is 2.64. The highest BCUT2D eigenvalue weighted by molar-refractivity contribution is 5.88. The van der Waals surface area contributed by atoms with E-state index in [-0.39, 0.29) is 5.91 Å². The number of carboxylic acid groups (broad SMARTS) is 1. The van der Waals surface area contributed by atoms with Crippen molar-refractivity contribution in [3.8, 4) is 0 Å². The highest BCUT2D eigenvalue weighted by Gasteiger charge is 2.33. The van der Waals surface area contributed by atoms with Gasteiger partial charge in [-0.05, 0) is 33.1 Å². The van der Waals surface area contributed by atoms with Crippen LogP contribution in [-0.2, 0) is 9.59 Å². The molecule has 1 aliphatic rings. The molecule has 2 N–H and O–H groups in total. The number of nitrogens with one attached hydrogen (secondary N) is 1. The summed E-state index contributed by atoms with van der Waals surface area (Å²) in [6.07, 6.45) is 2.04. The molecule has 7 nitrogen and oxygen atoms in total. The van der Waals surface area contributed by atoms with E-state index >= 15 is 0 Å². The smallest absolute Gasteiger partial charge is 0.326 e. The number of carbonyl (C=O) groups excluding carboxylic acids is 2. The second-order valence-corrected chi connectivity index (χ2v) is 5.07. The summed E-state index contributed by atoms with van der Waals surface area (Å²) in [4.78, 5) is 38.0. The van der Waals surface area contributed by atoms with Gasteiger partial charge in [0.25, 0.3) is 0 Å². The Hall–Kier alpha value is -1.79. The largest absolute Gasteiger partial charge is 0.480 e. The standard InChI is InChI=1S/C13H23N3O4/c1-4-15(3)11(17)9(2)14-13(20)16-8-6-5-7-10(16)12(18)19/h9-10H,4-8H2,1-3H3,(H,14,20)(H,18,19). The molecular weight excluding hydrogens is 262 g/mol. The highest BCUT2D eigenvalue weighted by atomic mass is 16.4. The third-order valence-corrected chi connectivity index (χ3v) is 3.61. The van der Waals surface area contributed by atoms with Crippen LogP contribution in [0.5, 0.6) is 0 Å². The molecule has 1 rings (SSSR count). The van der Waals surface area contributed by atoms with Gasteiger partial charge in [-0.2, -0.15) is 0 Å². The lowest BCUT2D eigenvalue weighted by molar-refractivity contribution is -0.143. The van der Waals surface area contributed by atoms with Gasteiger partial charge in [0.15, 0.2) is 0 Å². The van der Waals surface area contributed by atoms with Gasteiger partial charge in [-0.25, -0.2) is 9.59 Å². The zero-order chi connectivity index (χ0) is 15.3. The molecule has 2 unspecified atom stereocenters. The molecule has 1 aliphatic heterocycles. The van der Waals surface area contributed by atoms with Gasteiger partial charge in [-0.15, -0.1) is 0 Å². The molecule has 1 heterocycles. The fourth-order valence-corrected chi connectivity index (χ4v) is 2.25. The summed E-state index contributed by atoms with van der Waals surface area (Å²) < 4.78 is 0. The average Bonchev–Trinajstić information content (AvgIpc) is 2.45. The van der Waals surface area contributed by atoms with E-state index in [1.165, 1.54) is 9.80 Å². The number of hydrogen-bond acceptors (Lipinski definition) is 3. The monoisotopic (exact) mass is 285 g/mol. The van der Waals surface area contributed by atoms with Crippen molar-refractivity contribution in [2.24, 2.45) is 0 Å². The fourth-order valence-electron chi connectivity index (χ4n) is 2.25. The number of aliphatic carboxylic acids is 1. The van der Waals surface area contributed by atoms with Crippen LogP contribution in [0, 0.1) is 0 Å². The summed E-state index contributed by atoms with van der Waals surface area (Å²) in [6.45, 7) is 4.41. The number of nitrogens with zero attached hydrogens (tertiary/aromatic N) is 2. The van der Waals surface area contributed by atoms with Crippen LogP contribution >= 0.6 is 0 Å². The van der Waals surface area contributed by atoms with Gasteiger partial charge < -0.3 is 20.2 Å². The van der Waals surface area contributed by atoms with Gasteiger partial charge in [0.1, 0.15) is 12.1 Å². The number of rotatable bonds is 4. The lowest BCUT2D eigenvalue weighted by Crippen LogP contribution is -2.55. The minimum absolute atomic E-state index is 0.190. The number of urea groups is 1. The first-order valence-electron chi connectivity index (χ1n) is 6.93. The van der Waals surface area contributed by atoms with Crippen LogP contribution in [0.3, 0.4) is 0 Å². The summed E-state index contributed by atoms with van der Waals surface area (Å²) in [5.41, 5.74) is 0. The van der Waals surface area contributed by atoms with E-state index in [0.29, 0.717) is 19.5 Å². The molecule has 0 aromatic heterocycles. The van der Waals surface area contributed by atoms with E-state index in [1.807, 2.05) is 6.92 Å². The van der Waals surface area contributed by atoms with Crippen LogP contribution in [0.4, 0.5) is 4.79 Å². The summed E-state index contributed by atoms with van der Waals surface area (Å²) in [7, 11) is 1.66. The van der Waals surface area contributed by atoms with Crippen molar-refractivity contribution in [2.75, 3.05) is 20.1 Å². The van der Waals surface area contributed by atoms with Crippen molar-refractivity contribution >= 4 is 17.9 Å². The molecule has 0 saturated carbocycles. The lowest BCUT2D eigenvalue weighted by atomic mass is 10.0. The number of likely N-dealkylation sites (tertiary alicyclic amines) is 1. The summed E-state index contributed by atoms with van der Waals surface area (Å²) in [5.74, 6) is -1.19. The van der Waals surface area contributed by atoms with Crippen LogP contribution in [0.2, 0.25) is 0 Å². The molecular formula is C13H23N3O4. The molecule has 0 bridgehead atoms. The molecule has 20 heavy (non-hydrogen) atoms. The topological polar surface area (TPSA) is 90.0 Å². The predicted octanol–water partition coefficient (Wildman–Crippen LogP) is 0.502. The number of hydrogen-bond donors (Lipinski definition) is 2. The van der Waals surface area contributed by atoms with Crippen LogP contribution in [0.25, 0.3) is 0 Å². The fraction of sp³-hybridized carbons (Fsp3) is 0.769. The molecule has 7 heteroatoms.